The first-order valence-corrected chi connectivity index (χ1v) is 9.29. The van der Waals surface area contributed by atoms with Crippen LogP contribution in [-0.2, 0) is 9.59 Å². The number of amides is 2. The molecule has 0 fully saturated rings. The zero-order valence-electron chi connectivity index (χ0n) is 13.9. The van der Waals surface area contributed by atoms with Gasteiger partial charge in [-0.1, -0.05) is 11.6 Å². The lowest BCUT2D eigenvalue weighted by atomic mass is 9.95. The smallest absolute Gasteiger partial charge is 0.313 e. The zero-order chi connectivity index (χ0) is 18.9. The zero-order valence-corrected chi connectivity index (χ0v) is 15.4. The maximum absolute atomic E-state index is 12.0. The molecule has 0 saturated carbocycles. The summed E-state index contributed by atoms with van der Waals surface area (Å²) in [5.41, 5.74) is 1.52. The summed E-state index contributed by atoms with van der Waals surface area (Å²) in [7, 11) is 0. The van der Waals surface area contributed by atoms with E-state index in [0.717, 1.165) is 5.56 Å². The molecule has 0 unspecified atom stereocenters. The fourth-order valence-corrected chi connectivity index (χ4v) is 3.39. The molecule has 3 N–H and O–H groups in total. The molecule has 26 heavy (non-hydrogen) atoms. The summed E-state index contributed by atoms with van der Waals surface area (Å²) < 4.78 is 0. The summed E-state index contributed by atoms with van der Waals surface area (Å²) in [6.07, 6.45) is 1.20. The van der Waals surface area contributed by atoms with Gasteiger partial charge in [0.1, 0.15) is 6.07 Å². The van der Waals surface area contributed by atoms with Crippen LogP contribution >= 0.6 is 22.9 Å². The maximum atomic E-state index is 12.0. The van der Waals surface area contributed by atoms with Crippen LogP contribution in [-0.4, -0.2) is 30.1 Å². The number of aliphatic hydroxyl groups is 1. The molecule has 0 aliphatic carbocycles. The van der Waals surface area contributed by atoms with E-state index in [0.29, 0.717) is 24.4 Å². The minimum atomic E-state index is -0.863. The molecule has 136 valence electrons. The van der Waals surface area contributed by atoms with Gasteiger partial charge in [0, 0.05) is 18.2 Å². The van der Waals surface area contributed by atoms with Gasteiger partial charge < -0.3 is 15.7 Å². The van der Waals surface area contributed by atoms with Crippen LogP contribution in [0.2, 0.25) is 5.02 Å². The van der Waals surface area contributed by atoms with Gasteiger partial charge in [-0.25, -0.2) is 0 Å². The Morgan fingerprint density at radius 1 is 1.27 bits per heavy atom. The van der Waals surface area contributed by atoms with Crippen LogP contribution < -0.4 is 10.6 Å². The van der Waals surface area contributed by atoms with E-state index >= 15 is 0 Å². The lowest BCUT2D eigenvalue weighted by molar-refractivity contribution is -0.136. The van der Waals surface area contributed by atoms with Gasteiger partial charge >= 0.3 is 11.8 Å². The number of aliphatic hydroxyl groups excluding tert-OH is 1. The third kappa shape index (κ3) is 5.56. The number of thiophene rings is 1. The van der Waals surface area contributed by atoms with Crippen molar-refractivity contribution in [2.24, 2.45) is 0 Å². The van der Waals surface area contributed by atoms with Gasteiger partial charge in [-0.05, 0) is 59.3 Å². The number of carbonyl (C=O) groups excluding carboxylic acids is 2. The van der Waals surface area contributed by atoms with Crippen LogP contribution in [0.1, 0.15) is 29.9 Å². The van der Waals surface area contributed by atoms with Gasteiger partial charge in [0.05, 0.1) is 11.3 Å². The van der Waals surface area contributed by atoms with Gasteiger partial charge in [-0.15, -0.1) is 0 Å². The number of rotatable bonds is 7. The van der Waals surface area contributed by atoms with Crippen molar-refractivity contribution in [2.75, 3.05) is 18.5 Å². The topological polar surface area (TPSA) is 102 Å². The van der Waals surface area contributed by atoms with Gasteiger partial charge in [0.25, 0.3) is 0 Å². The number of benzene rings is 1. The number of hydrogen-bond donors (Lipinski definition) is 3. The number of hydrogen-bond acceptors (Lipinski definition) is 5. The molecule has 1 aromatic heterocycles. The van der Waals surface area contributed by atoms with E-state index in [4.69, 9.17) is 16.9 Å². The maximum Gasteiger partial charge on any atom is 0.313 e. The Labute approximate surface area is 160 Å². The van der Waals surface area contributed by atoms with Crippen molar-refractivity contribution in [3.8, 4) is 6.07 Å². The normalized spacial score (nSPS) is 11.4. The minimum absolute atomic E-state index is 0.0562. The van der Waals surface area contributed by atoms with E-state index in [1.807, 2.05) is 22.9 Å². The molecule has 8 heteroatoms. The number of nitrogens with one attached hydrogen (secondary N) is 2. The number of carbonyl (C=O) groups is 2. The van der Waals surface area contributed by atoms with Gasteiger partial charge in [0.2, 0.25) is 0 Å². The van der Waals surface area contributed by atoms with Crippen molar-refractivity contribution in [1.82, 2.24) is 5.32 Å². The first kappa shape index (κ1) is 19.9. The van der Waals surface area contributed by atoms with Crippen molar-refractivity contribution in [3.05, 3.63) is 51.2 Å². The monoisotopic (exact) mass is 391 g/mol. The highest BCUT2D eigenvalue weighted by Crippen LogP contribution is 2.25. The second-order valence-electron chi connectivity index (χ2n) is 5.57. The third-order valence-corrected chi connectivity index (χ3v) is 4.76. The Bertz CT molecular complexity index is 803. The molecule has 2 amide bonds. The fraction of sp³-hybridized carbons (Fsp3) is 0.278. The van der Waals surface area contributed by atoms with E-state index < -0.39 is 11.8 Å². The summed E-state index contributed by atoms with van der Waals surface area (Å²) in [4.78, 5) is 24.0. The Balaban J connectivity index is 1.88. The van der Waals surface area contributed by atoms with Crippen LogP contribution in [0.25, 0.3) is 0 Å². The highest BCUT2D eigenvalue weighted by atomic mass is 35.5. The number of nitrogens with zero attached hydrogens (tertiary/aromatic N) is 1. The van der Waals surface area contributed by atoms with Gasteiger partial charge in [-0.2, -0.15) is 16.6 Å². The third-order valence-electron chi connectivity index (χ3n) is 3.83. The Hall–Kier alpha value is -2.40. The molecule has 0 spiro atoms. The molecule has 6 nitrogen and oxygen atoms in total. The number of anilines is 1. The molecule has 0 saturated heterocycles. The summed E-state index contributed by atoms with van der Waals surface area (Å²) in [5.74, 6) is -1.53. The molecule has 1 heterocycles. The molecule has 0 radical (unpaired) electrons. The summed E-state index contributed by atoms with van der Waals surface area (Å²) in [6.45, 7) is 0.355. The van der Waals surface area contributed by atoms with Crippen molar-refractivity contribution >= 4 is 40.4 Å². The molecule has 0 bridgehead atoms. The second-order valence-corrected chi connectivity index (χ2v) is 6.78. The largest absolute Gasteiger partial charge is 0.396 e. The van der Waals surface area contributed by atoms with E-state index in [-0.39, 0.29) is 23.8 Å². The Kier molecular flexibility index (Phi) is 7.60. The van der Waals surface area contributed by atoms with Crippen molar-refractivity contribution < 1.29 is 14.7 Å². The standard InChI is InChI=1S/C18H18ClN3O3S/c19-15-2-1-13(10-20)16(9-15)22-18(25)17(24)21-6-3-12(4-7-23)14-5-8-26-11-14/h1-2,5,8-9,11-12,23H,3-4,6-7H2,(H,21,24)(H,22,25)/t12-/m0/s1. The van der Waals surface area contributed by atoms with Crippen molar-refractivity contribution in [1.29, 1.82) is 5.26 Å². The Morgan fingerprint density at radius 2 is 2.08 bits per heavy atom. The van der Waals surface area contributed by atoms with Crippen molar-refractivity contribution in [3.63, 3.8) is 0 Å². The van der Waals surface area contributed by atoms with E-state index in [1.54, 1.807) is 11.3 Å². The van der Waals surface area contributed by atoms with Crippen LogP contribution in [0.15, 0.2) is 35.0 Å². The van der Waals surface area contributed by atoms with Gasteiger partial charge in [-0.3, -0.25) is 9.59 Å². The molecule has 1 atom stereocenters. The predicted octanol–water partition coefficient (Wildman–Crippen LogP) is 2.88. The summed E-state index contributed by atoms with van der Waals surface area (Å²) >= 11 is 7.43. The first-order valence-electron chi connectivity index (χ1n) is 7.97. The molecule has 0 aliphatic heterocycles. The van der Waals surface area contributed by atoms with Crippen LogP contribution in [0.5, 0.6) is 0 Å². The molecule has 1 aromatic carbocycles. The highest BCUT2D eigenvalue weighted by Gasteiger charge is 2.17. The second kappa shape index (κ2) is 9.92. The lowest BCUT2D eigenvalue weighted by Crippen LogP contribution is -2.36. The molecule has 0 aliphatic rings. The van der Waals surface area contributed by atoms with Crippen molar-refractivity contribution in [2.45, 2.75) is 18.8 Å². The SMILES string of the molecule is N#Cc1ccc(Cl)cc1NC(=O)C(=O)NCC[C@@H](CCO)c1ccsc1. The fourth-order valence-electron chi connectivity index (χ4n) is 2.48. The van der Waals surface area contributed by atoms with Crippen LogP contribution in [0.3, 0.4) is 0 Å². The summed E-state index contributed by atoms with van der Waals surface area (Å²) in [5, 5.41) is 27.5. The molecule has 2 aromatic rings. The molecule has 2 rings (SSSR count). The van der Waals surface area contributed by atoms with Gasteiger partial charge in [0.15, 0.2) is 0 Å². The molecular formula is C18H18ClN3O3S. The van der Waals surface area contributed by atoms with Crippen LogP contribution in [0, 0.1) is 11.3 Å². The van der Waals surface area contributed by atoms with E-state index in [2.05, 4.69) is 10.6 Å². The van der Waals surface area contributed by atoms with Crippen LogP contribution in [0.4, 0.5) is 5.69 Å². The van der Waals surface area contributed by atoms with E-state index in [9.17, 15) is 14.7 Å². The quantitative estimate of drug-likeness (QED) is 0.631. The molecular weight excluding hydrogens is 374 g/mol. The number of halogens is 1. The average molecular weight is 392 g/mol. The number of nitriles is 1. The first-order chi connectivity index (χ1) is 12.5. The summed E-state index contributed by atoms with van der Waals surface area (Å²) in [6, 6.07) is 8.33. The Morgan fingerprint density at radius 3 is 2.73 bits per heavy atom. The van der Waals surface area contributed by atoms with E-state index in [1.165, 1.54) is 18.2 Å². The predicted molar refractivity (Wildman–Crippen MR) is 101 cm³/mol. The highest BCUT2D eigenvalue weighted by molar-refractivity contribution is 7.08. The average Bonchev–Trinajstić information content (AvgIpc) is 3.15. The minimum Gasteiger partial charge on any atom is -0.396 e. The lowest BCUT2D eigenvalue weighted by Gasteiger charge is -2.15.